The molecule has 11 aromatic carbocycles. The van der Waals surface area contributed by atoms with E-state index < -0.39 is 0 Å². The molecule has 11 rings (SSSR count). The van der Waals surface area contributed by atoms with Crippen LogP contribution in [0.3, 0.4) is 0 Å². The summed E-state index contributed by atoms with van der Waals surface area (Å²) in [6, 6.07) is 67.4. The first-order chi connectivity index (χ1) is 24.8. The molecular weight excluding hydrogens is 601 g/mol. The van der Waals surface area contributed by atoms with Gasteiger partial charge < -0.3 is 0 Å². The molecule has 0 aliphatic rings. The molecule has 0 aliphatic heterocycles. The first kappa shape index (κ1) is 27.5. The molecule has 0 radical (unpaired) electrons. The van der Waals surface area contributed by atoms with Gasteiger partial charge >= 0.3 is 0 Å². The molecular formula is C50H30. The predicted molar refractivity (Wildman–Crippen MR) is 216 cm³/mol. The fourth-order valence-corrected chi connectivity index (χ4v) is 8.96. The van der Waals surface area contributed by atoms with Crippen molar-refractivity contribution in [2.45, 2.75) is 0 Å². The summed E-state index contributed by atoms with van der Waals surface area (Å²) in [5.41, 5.74) is 7.60. The Kier molecular flexibility index (Phi) is 5.76. The molecule has 0 heterocycles. The summed E-state index contributed by atoms with van der Waals surface area (Å²) in [5, 5.41) is 18.3. The van der Waals surface area contributed by atoms with E-state index in [0.29, 0.717) is 0 Å². The fourth-order valence-electron chi connectivity index (χ4n) is 8.96. The van der Waals surface area contributed by atoms with Crippen LogP contribution in [0.15, 0.2) is 182 Å². The number of benzene rings is 11. The highest BCUT2D eigenvalue weighted by Crippen LogP contribution is 2.52. The second kappa shape index (κ2) is 10.5. The van der Waals surface area contributed by atoms with Gasteiger partial charge in [-0.2, -0.15) is 0 Å². The van der Waals surface area contributed by atoms with E-state index in [9.17, 15) is 0 Å². The van der Waals surface area contributed by atoms with Crippen molar-refractivity contribution in [2.24, 2.45) is 0 Å². The Morgan fingerprint density at radius 2 is 0.620 bits per heavy atom. The average Bonchev–Trinajstić information content (AvgIpc) is 3.19. The van der Waals surface area contributed by atoms with E-state index in [4.69, 9.17) is 0 Å². The Morgan fingerprint density at radius 1 is 0.220 bits per heavy atom. The van der Waals surface area contributed by atoms with Crippen LogP contribution in [-0.4, -0.2) is 0 Å². The van der Waals surface area contributed by atoms with Crippen LogP contribution in [0.4, 0.5) is 0 Å². The summed E-state index contributed by atoms with van der Waals surface area (Å²) in [5.74, 6) is 0. The van der Waals surface area contributed by atoms with Crippen LogP contribution in [-0.2, 0) is 0 Å². The molecule has 0 nitrogen and oxygen atoms in total. The van der Waals surface area contributed by atoms with Crippen LogP contribution in [0.25, 0.3) is 109 Å². The minimum Gasteiger partial charge on any atom is -0.0622 e. The summed E-state index contributed by atoms with van der Waals surface area (Å²) in [4.78, 5) is 0. The third-order valence-corrected chi connectivity index (χ3v) is 10.9. The molecule has 0 aliphatic carbocycles. The molecule has 230 valence electrons. The van der Waals surface area contributed by atoms with Crippen molar-refractivity contribution in [3.8, 4) is 33.4 Å². The Bertz CT molecular complexity index is 3120. The lowest BCUT2D eigenvalue weighted by Crippen LogP contribution is -1.95. The summed E-state index contributed by atoms with van der Waals surface area (Å²) in [6.45, 7) is 0. The van der Waals surface area contributed by atoms with E-state index in [-0.39, 0.29) is 0 Å². The topological polar surface area (TPSA) is 0 Å². The largest absolute Gasteiger partial charge is 0.0622 e. The maximum atomic E-state index is 2.42. The monoisotopic (exact) mass is 630 g/mol. The SMILES string of the molecule is c1ccc(-c2cc(-c3c4ccccc4c4c5c3cccc5c3cccc5c(-c6ccccc6)c6ccccc6c4c53)cc3ccccc23)cc1. The maximum Gasteiger partial charge on any atom is -0.000740 e. The molecule has 0 N–H and O–H groups in total. The summed E-state index contributed by atoms with van der Waals surface area (Å²) in [7, 11) is 0. The van der Waals surface area contributed by atoms with Crippen molar-refractivity contribution in [1.29, 1.82) is 0 Å². The molecule has 0 unspecified atom stereocenters. The van der Waals surface area contributed by atoms with Crippen LogP contribution in [0, 0.1) is 0 Å². The van der Waals surface area contributed by atoms with Crippen LogP contribution in [0.2, 0.25) is 0 Å². The van der Waals surface area contributed by atoms with Gasteiger partial charge in [-0.1, -0.05) is 170 Å². The smallest absolute Gasteiger partial charge is 0.000740 e. The van der Waals surface area contributed by atoms with Gasteiger partial charge in [0.25, 0.3) is 0 Å². The molecule has 0 saturated heterocycles. The van der Waals surface area contributed by atoms with E-state index in [1.54, 1.807) is 0 Å². The summed E-state index contributed by atoms with van der Waals surface area (Å²) < 4.78 is 0. The third kappa shape index (κ3) is 3.76. The molecule has 0 bridgehead atoms. The minimum atomic E-state index is 1.24. The number of fused-ring (bicyclic) bond motifs is 7. The Morgan fingerprint density at radius 3 is 1.20 bits per heavy atom. The Hall–Kier alpha value is -6.50. The van der Waals surface area contributed by atoms with Crippen molar-refractivity contribution in [2.75, 3.05) is 0 Å². The lowest BCUT2D eigenvalue weighted by atomic mass is 9.80. The van der Waals surface area contributed by atoms with Gasteiger partial charge in [-0.3, -0.25) is 0 Å². The lowest BCUT2D eigenvalue weighted by molar-refractivity contribution is 1.64. The highest BCUT2D eigenvalue weighted by atomic mass is 14.3. The van der Waals surface area contributed by atoms with Crippen LogP contribution >= 0.6 is 0 Å². The summed E-state index contributed by atoms with van der Waals surface area (Å²) in [6.07, 6.45) is 0. The number of rotatable bonds is 3. The quantitative estimate of drug-likeness (QED) is 0.135. The first-order valence-electron chi connectivity index (χ1n) is 17.4. The van der Waals surface area contributed by atoms with Gasteiger partial charge in [0.1, 0.15) is 0 Å². The van der Waals surface area contributed by atoms with E-state index in [1.165, 1.54) is 109 Å². The van der Waals surface area contributed by atoms with E-state index >= 15 is 0 Å². The number of hydrogen-bond acceptors (Lipinski definition) is 0. The van der Waals surface area contributed by atoms with Gasteiger partial charge in [0, 0.05) is 0 Å². The average molecular weight is 631 g/mol. The van der Waals surface area contributed by atoms with Gasteiger partial charge in [-0.25, -0.2) is 0 Å². The normalized spacial score (nSPS) is 12.0. The van der Waals surface area contributed by atoms with Gasteiger partial charge in [-0.15, -0.1) is 0 Å². The lowest BCUT2D eigenvalue weighted by Gasteiger charge is -2.23. The van der Waals surface area contributed by atoms with Crippen LogP contribution < -0.4 is 0 Å². The van der Waals surface area contributed by atoms with Gasteiger partial charge in [0.05, 0.1) is 0 Å². The van der Waals surface area contributed by atoms with E-state index in [1.807, 2.05) is 0 Å². The molecule has 0 aromatic heterocycles. The highest BCUT2D eigenvalue weighted by molar-refractivity contribution is 6.45. The molecule has 50 heavy (non-hydrogen) atoms. The molecule has 0 saturated carbocycles. The molecule has 0 heteroatoms. The molecule has 0 fully saturated rings. The highest BCUT2D eigenvalue weighted by Gasteiger charge is 2.23. The standard InChI is InChI=1S/C50H30/c1-3-15-31(16-4-1)44-30-34(29-33-19-7-8-20-35(33)44)46-37-22-10-12-24-41(37)50-48-39(26-14-28-43(46)48)38-25-13-27-42-45(32-17-5-2-6-18-32)36-21-9-11-23-40(36)49(50)47(38)42/h1-30H. The minimum absolute atomic E-state index is 1.24. The Balaban J connectivity index is 1.38. The first-order valence-corrected chi connectivity index (χ1v) is 17.4. The van der Waals surface area contributed by atoms with Crippen LogP contribution in [0.5, 0.6) is 0 Å². The van der Waals surface area contributed by atoms with E-state index in [0.717, 1.165) is 0 Å². The van der Waals surface area contributed by atoms with E-state index in [2.05, 4.69) is 182 Å². The second-order valence-corrected chi connectivity index (χ2v) is 13.5. The molecule has 0 atom stereocenters. The van der Waals surface area contributed by atoms with Crippen molar-refractivity contribution >= 4 is 75.4 Å². The second-order valence-electron chi connectivity index (χ2n) is 13.5. The Labute approximate surface area is 289 Å². The van der Waals surface area contributed by atoms with Gasteiger partial charge in [0.15, 0.2) is 0 Å². The molecule has 0 spiro atoms. The zero-order chi connectivity index (χ0) is 32.8. The van der Waals surface area contributed by atoms with Gasteiger partial charge in [0.2, 0.25) is 0 Å². The molecule has 11 aromatic rings. The zero-order valence-electron chi connectivity index (χ0n) is 27.3. The van der Waals surface area contributed by atoms with Gasteiger partial charge in [-0.05, 0) is 121 Å². The zero-order valence-corrected chi connectivity index (χ0v) is 27.3. The van der Waals surface area contributed by atoms with Crippen molar-refractivity contribution < 1.29 is 0 Å². The molecule has 0 amide bonds. The van der Waals surface area contributed by atoms with Crippen molar-refractivity contribution in [3.63, 3.8) is 0 Å². The summed E-state index contributed by atoms with van der Waals surface area (Å²) >= 11 is 0. The third-order valence-electron chi connectivity index (χ3n) is 10.9. The maximum absolute atomic E-state index is 2.42. The number of hydrogen-bond donors (Lipinski definition) is 0. The van der Waals surface area contributed by atoms with Crippen LogP contribution in [0.1, 0.15) is 0 Å². The van der Waals surface area contributed by atoms with Crippen molar-refractivity contribution in [3.05, 3.63) is 182 Å². The fraction of sp³-hybridized carbons (Fsp3) is 0. The van der Waals surface area contributed by atoms with Crippen molar-refractivity contribution in [1.82, 2.24) is 0 Å². The predicted octanol–water partition coefficient (Wildman–Crippen LogP) is 14.2.